The molecular weight excluding hydrogens is 266 g/mol. The fraction of sp³-hybridized carbons (Fsp3) is 0.438. The van der Waals surface area contributed by atoms with Gasteiger partial charge in [0, 0.05) is 30.7 Å². The number of nitrogens with zero attached hydrogens (tertiary/aromatic N) is 2. The monoisotopic (exact) mass is 289 g/mol. The van der Waals surface area contributed by atoms with Gasteiger partial charge in [-0.05, 0) is 49.0 Å². The van der Waals surface area contributed by atoms with E-state index in [-0.39, 0.29) is 0 Å². The van der Waals surface area contributed by atoms with Crippen molar-refractivity contribution in [2.45, 2.75) is 26.8 Å². The summed E-state index contributed by atoms with van der Waals surface area (Å²) in [5, 5.41) is 5.50. The largest absolute Gasteiger partial charge is 0.359 e. The second-order valence-corrected chi connectivity index (χ2v) is 6.04. The molecule has 0 amide bonds. The summed E-state index contributed by atoms with van der Waals surface area (Å²) in [5.74, 6) is 1.06. The fourth-order valence-corrected chi connectivity index (χ4v) is 2.83. The number of nitrogens with one attached hydrogen (secondary N) is 1. The van der Waals surface area contributed by atoms with Crippen molar-refractivity contribution < 1.29 is 0 Å². The summed E-state index contributed by atoms with van der Waals surface area (Å²) in [4.78, 5) is 8.31. The SMILES string of the molecule is CCNCc1cc(C)nc(N(C)CCc2cccs2)c1. The van der Waals surface area contributed by atoms with Crippen molar-refractivity contribution in [3.63, 3.8) is 0 Å². The van der Waals surface area contributed by atoms with Crippen LogP contribution in [0.3, 0.4) is 0 Å². The van der Waals surface area contributed by atoms with Crippen LogP contribution in [-0.2, 0) is 13.0 Å². The third kappa shape index (κ3) is 4.32. The highest BCUT2D eigenvalue weighted by Gasteiger charge is 2.06. The van der Waals surface area contributed by atoms with E-state index in [0.29, 0.717) is 0 Å². The minimum atomic E-state index is 0.908. The van der Waals surface area contributed by atoms with E-state index in [1.807, 2.05) is 11.3 Å². The fourth-order valence-electron chi connectivity index (χ4n) is 2.14. The van der Waals surface area contributed by atoms with Crippen LogP contribution in [0.2, 0.25) is 0 Å². The Morgan fingerprint density at radius 3 is 2.90 bits per heavy atom. The second kappa shape index (κ2) is 7.41. The van der Waals surface area contributed by atoms with Crippen LogP contribution >= 0.6 is 11.3 Å². The molecule has 0 aliphatic rings. The van der Waals surface area contributed by atoms with E-state index in [4.69, 9.17) is 0 Å². The van der Waals surface area contributed by atoms with Crippen molar-refractivity contribution in [3.8, 4) is 0 Å². The molecule has 2 heterocycles. The molecule has 0 spiro atoms. The summed E-state index contributed by atoms with van der Waals surface area (Å²) in [6.07, 6.45) is 1.08. The maximum Gasteiger partial charge on any atom is 0.128 e. The van der Waals surface area contributed by atoms with Gasteiger partial charge in [0.1, 0.15) is 5.82 Å². The third-order valence-corrected chi connectivity index (χ3v) is 4.18. The van der Waals surface area contributed by atoms with Gasteiger partial charge in [-0.15, -0.1) is 11.3 Å². The molecule has 1 N–H and O–H groups in total. The molecule has 2 aromatic rings. The Hall–Kier alpha value is -1.39. The van der Waals surface area contributed by atoms with Crippen molar-refractivity contribution in [2.75, 3.05) is 25.0 Å². The number of hydrogen-bond donors (Lipinski definition) is 1. The molecule has 3 nitrogen and oxygen atoms in total. The average Bonchev–Trinajstić information content (AvgIpc) is 2.95. The molecule has 0 bridgehead atoms. The second-order valence-electron chi connectivity index (χ2n) is 5.01. The number of rotatable bonds is 7. The highest BCUT2D eigenvalue weighted by atomic mass is 32.1. The van der Waals surface area contributed by atoms with Gasteiger partial charge in [0.2, 0.25) is 0 Å². The van der Waals surface area contributed by atoms with Gasteiger partial charge in [0.25, 0.3) is 0 Å². The van der Waals surface area contributed by atoms with Gasteiger partial charge < -0.3 is 10.2 Å². The first-order valence-electron chi connectivity index (χ1n) is 7.11. The highest BCUT2D eigenvalue weighted by Crippen LogP contribution is 2.16. The predicted octanol–water partition coefficient (Wildman–Crippen LogP) is 3.24. The van der Waals surface area contributed by atoms with Crippen molar-refractivity contribution in [1.82, 2.24) is 10.3 Å². The maximum absolute atomic E-state index is 4.64. The minimum Gasteiger partial charge on any atom is -0.359 e. The first-order chi connectivity index (χ1) is 9.69. The number of pyridine rings is 1. The molecule has 4 heteroatoms. The van der Waals surface area contributed by atoms with Crippen molar-refractivity contribution in [2.24, 2.45) is 0 Å². The summed E-state index contributed by atoms with van der Waals surface area (Å²) < 4.78 is 0. The van der Waals surface area contributed by atoms with Gasteiger partial charge >= 0.3 is 0 Å². The van der Waals surface area contributed by atoms with E-state index in [1.165, 1.54) is 10.4 Å². The van der Waals surface area contributed by atoms with Gasteiger partial charge in [-0.1, -0.05) is 13.0 Å². The lowest BCUT2D eigenvalue weighted by atomic mass is 10.2. The van der Waals surface area contributed by atoms with Crippen LogP contribution in [0.4, 0.5) is 5.82 Å². The van der Waals surface area contributed by atoms with Crippen LogP contribution in [-0.4, -0.2) is 25.1 Å². The van der Waals surface area contributed by atoms with Crippen LogP contribution in [0.5, 0.6) is 0 Å². The van der Waals surface area contributed by atoms with E-state index in [9.17, 15) is 0 Å². The Morgan fingerprint density at radius 2 is 2.20 bits per heavy atom. The number of likely N-dealkylation sites (N-methyl/N-ethyl adjacent to an activating group) is 1. The van der Waals surface area contributed by atoms with E-state index in [0.717, 1.165) is 37.6 Å². The quantitative estimate of drug-likeness (QED) is 0.848. The molecule has 2 aromatic heterocycles. The van der Waals surface area contributed by atoms with Gasteiger partial charge in [0.05, 0.1) is 0 Å². The summed E-state index contributed by atoms with van der Waals surface area (Å²) in [7, 11) is 2.12. The molecule has 0 fully saturated rings. The minimum absolute atomic E-state index is 0.908. The molecule has 0 aliphatic carbocycles. The topological polar surface area (TPSA) is 28.2 Å². The van der Waals surface area contributed by atoms with E-state index in [1.54, 1.807) is 0 Å². The van der Waals surface area contributed by atoms with E-state index >= 15 is 0 Å². The number of anilines is 1. The summed E-state index contributed by atoms with van der Waals surface area (Å²) in [6, 6.07) is 8.64. The van der Waals surface area contributed by atoms with Crippen LogP contribution < -0.4 is 10.2 Å². The number of aromatic nitrogens is 1. The Balaban J connectivity index is 2.00. The normalized spacial score (nSPS) is 10.8. The molecule has 108 valence electrons. The van der Waals surface area contributed by atoms with Crippen LogP contribution in [0.15, 0.2) is 29.6 Å². The predicted molar refractivity (Wildman–Crippen MR) is 87.6 cm³/mol. The summed E-state index contributed by atoms with van der Waals surface area (Å²) in [5.41, 5.74) is 2.38. The van der Waals surface area contributed by atoms with Crippen molar-refractivity contribution in [3.05, 3.63) is 45.8 Å². The van der Waals surface area contributed by atoms with Crippen LogP contribution in [0.25, 0.3) is 0 Å². The Kier molecular flexibility index (Phi) is 5.56. The number of hydrogen-bond acceptors (Lipinski definition) is 4. The molecule has 0 saturated carbocycles. The lowest BCUT2D eigenvalue weighted by Gasteiger charge is -2.19. The van der Waals surface area contributed by atoms with Crippen molar-refractivity contribution in [1.29, 1.82) is 0 Å². The lowest BCUT2D eigenvalue weighted by molar-refractivity contribution is 0.724. The van der Waals surface area contributed by atoms with Gasteiger partial charge in [-0.2, -0.15) is 0 Å². The summed E-state index contributed by atoms with van der Waals surface area (Å²) >= 11 is 1.82. The zero-order valence-electron chi connectivity index (χ0n) is 12.5. The standard InChI is InChI=1S/C16H23N3S/c1-4-17-12-14-10-13(2)18-16(11-14)19(3)8-7-15-6-5-9-20-15/h5-6,9-11,17H,4,7-8,12H2,1-3H3. The van der Waals surface area contributed by atoms with Crippen LogP contribution in [0, 0.1) is 6.92 Å². The molecule has 0 aliphatic heterocycles. The first kappa shape index (κ1) is 15.0. The maximum atomic E-state index is 4.64. The van der Waals surface area contributed by atoms with Gasteiger partial charge in [-0.3, -0.25) is 0 Å². The highest BCUT2D eigenvalue weighted by molar-refractivity contribution is 7.09. The average molecular weight is 289 g/mol. The lowest BCUT2D eigenvalue weighted by Crippen LogP contribution is -2.22. The van der Waals surface area contributed by atoms with Gasteiger partial charge in [-0.25, -0.2) is 4.98 Å². The van der Waals surface area contributed by atoms with E-state index in [2.05, 4.69) is 65.7 Å². The zero-order valence-corrected chi connectivity index (χ0v) is 13.3. The molecule has 2 rings (SSSR count). The zero-order chi connectivity index (χ0) is 14.4. The molecule has 0 atom stereocenters. The van der Waals surface area contributed by atoms with Gasteiger partial charge in [0.15, 0.2) is 0 Å². The smallest absolute Gasteiger partial charge is 0.128 e. The number of thiophene rings is 1. The molecule has 0 unspecified atom stereocenters. The van der Waals surface area contributed by atoms with Crippen LogP contribution in [0.1, 0.15) is 23.1 Å². The molecule has 0 aromatic carbocycles. The Labute approximate surface area is 125 Å². The molecule has 20 heavy (non-hydrogen) atoms. The number of aryl methyl sites for hydroxylation is 1. The third-order valence-electron chi connectivity index (χ3n) is 3.24. The molecule has 0 saturated heterocycles. The van der Waals surface area contributed by atoms with E-state index < -0.39 is 0 Å². The Bertz CT molecular complexity index is 523. The Morgan fingerprint density at radius 1 is 1.35 bits per heavy atom. The summed E-state index contributed by atoms with van der Waals surface area (Å²) in [6.45, 7) is 7.09. The van der Waals surface area contributed by atoms with Crippen molar-refractivity contribution >= 4 is 17.2 Å². The molecular formula is C16H23N3S. The molecule has 0 radical (unpaired) electrons. The first-order valence-corrected chi connectivity index (χ1v) is 7.99.